The van der Waals surface area contributed by atoms with Crippen molar-refractivity contribution in [1.82, 2.24) is 19.9 Å². The quantitative estimate of drug-likeness (QED) is 0.0610. The van der Waals surface area contributed by atoms with Gasteiger partial charge in [-0.15, -0.1) is 5.10 Å². The fraction of sp³-hybridized carbons (Fsp3) is 0.696. The standard InChI is InChI=1S/C23H36N5O15P/c1-6-38-21(34)23(9-40-13(4)29,22(35)39-7-2)10-42-44(36,27-12(3)20(33)37-5)41-8-14-15(30)16(31)19(43-14)28-11-25-18(26-28)17(24)32/h11-12,14-16,19,30-31H,6-10H2,1-5H3,(H2,24,32)(H,27,36). The molecule has 1 aromatic heterocycles. The number of aliphatic hydroxyl groups excluding tert-OH is 2. The zero-order valence-corrected chi connectivity index (χ0v) is 25.5. The van der Waals surface area contributed by atoms with Gasteiger partial charge in [0.05, 0.1) is 33.5 Å². The molecule has 44 heavy (non-hydrogen) atoms. The Morgan fingerprint density at radius 2 is 1.70 bits per heavy atom. The minimum absolute atomic E-state index is 0.209. The predicted molar refractivity (Wildman–Crippen MR) is 141 cm³/mol. The molecule has 0 aliphatic carbocycles. The molecule has 2 rings (SSSR count). The van der Waals surface area contributed by atoms with Crippen LogP contribution in [0.25, 0.3) is 0 Å². The van der Waals surface area contributed by atoms with E-state index < -0.39 is 99.2 Å². The Bertz CT molecular complexity index is 1220. The molecule has 1 aliphatic heterocycles. The summed E-state index contributed by atoms with van der Waals surface area (Å²) in [7, 11) is -3.73. The van der Waals surface area contributed by atoms with Gasteiger partial charge in [0.2, 0.25) is 11.2 Å². The van der Waals surface area contributed by atoms with Gasteiger partial charge in [-0.05, 0) is 20.8 Å². The second-order valence-electron chi connectivity index (χ2n) is 9.20. The number of aromatic nitrogens is 3. The summed E-state index contributed by atoms with van der Waals surface area (Å²) in [6.45, 7) is 1.89. The predicted octanol–water partition coefficient (Wildman–Crippen LogP) is -2.04. The number of primary amides is 1. The number of hydrogen-bond donors (Lipinski definition) is 4. The molecule has 1 aliphatic rings. The molecule has 20 nitrogen and oxygen atoms in total. The monoisotopic (exact) mass is 653 g/mol. The van der Waals surface area contributed by atoms with Crippen molar-refractivity contribution < 1.29 is 71.5 Å². The largest absolute Gasteiger partial charge is 0.468 e. The summed E-state index contributed by atoms with van der Waals surface area (Å²) in [4.78, 5) is 64.7. The van der Waals surface area contributed by atoms with E-state index >= 15 is 0 Å². The van der Waals surface area contributed by atoms with Crippen LogP contribution >= 0.6 is 7.75 Å². The molecule has 0 aromatic carbocycles. The minimum atomic E-state index is -4.78. The Kier molecular flexibility index (Phi) is 13.3. The Hall–Kier alpha value is -3.52. The van der Waals surface area contributed by atoms with Crippen LogP contribution in [0.4, 0.5) is 0 Å². The number of rotatable bonds is 17. The van der Waals surface area contributed by atoms with Crippen LogP contribution in [-0.2, 0) is 56.5 Å². The maximum Gasteiger partial charge on any atom is 0.406 e. The third-order valence-electron chi connectivity index (χ3n) is 5.98. The van der Waals surface area contributed by atoms with Crippen LogP contribution in [0.2, 0.25) is 0 Å². The highest BCUT2D eigenvalue weighted by Crippen LogP contribution is 2.47. The number of esters is 4. The van der Waals surface area contributed by atoms with E-state index in [0.29, 0.717) is 0 Å². The van der Waals surface area contributed by atoms with Crippen molar-refractivity contribution in [3.8, 4) is 0 Å². The molecule has 0 bridgehead atoms. The average molecular weight is 654 g/mol. The number of aliphatic hydroxyl groups is 2. The highest BCUT2D eigenvalue weighted by Gasteiger charge is 2.53. The first-order valence-electron chi connectivity index (χ1n) is 13.1. The highest BCUT2D eigenvalue weighted by atomic mass is 31.2. The Morgan fingerprint density at radius 1 is 1.09 bits per heavy atom. The number of nitrogens with one attached hydrogen (secondary N) is 1. The number of nitrogens with zero attached hydrogens (tertiary/aromatic N) is 3. The van der Waals surface area contributed by atoms with E-state index in [0.717, 1.165) is 25.0 Å². The van der Waals surface area contributed by atoms with Crippen LogP contribution in [0.1, 0.15) is 44.5 Å². The van der Waals surface area contributed by atoms with E-state index in [9.17, 15) is 38.8 Å². The molecule has 21 heteroatoms. The van der Waals surface area contributed by atoms with Crippen molar-refractivity contribution in [2.24, 2.45) is 11.1 Å². The SMILES string of the molecule is CCOC(=O)C(COC(C)=O)(COP(=O)(NC(C)C(=O)OC)OCC1OC(n2cnc(C(N)=O)n2)C(O)C1O)C(=O)OCC. The zero-order chi connectivity index (χ0) is 33.2. The molecule has 1 saturated heterocycles. The molecule has 1 fully saturated rings. The molecule has 0 spiro atoms. The van der Waals surface area contributed by atoms with E-state index in [1.54, 1.807) is 0 Å². The number of nitrogens with two attached hydrogens (primary N) is 1. The maximum atomic E-state index is 13.9. The van der Waals surface area contributed by atoms with Gasteiger partial charge in [-0.25, -0.2) is 19.3 Å². The van der Waals surface area contributed by atoms with E-state index in [2.05, 4.69) is 19.9 Å². The smallest absolute Gasteiger partial charge is 0.406 e. The molecule has 2 heterocycles. The molecular weight excluding hydrogens is 617 g/mol. The summed E-state index contributed by atoms with van der Waals surface area (Å²) in [5.41, 5.74) is 2.64. The van der Waals surface area contributed by atoms with Crippen molar-refractivity contribution in [3.05, 3.63) is 12.2 Å². The molecular formula is C23H36N5O15P. The first kappa shape index (κ1) is 36.7. The van der Waals surface area contributed by atoms with Gasteiger partial charge in [0.15, 0.2) is 6.23 Å². The normalized spacial score (nSPS) is 22.0. The van der Waals surface area contributed by atoms with Crippen molar-refractivity contribution in [3.63, 3.8) is 0 Å². The third-order valence-corrected chi connectivity index (χ3v) is 7.64. The Balaban J connectivity index is 2.36. The second-order valence-corrected chi connectivity index (χ2v) is 11.0. The van der Waals surface area contributed by atoms with Gasteiger partial charge in [-0.3, -0.25) is 33.0 Å². The van der Waals surface area contributed by atoms with Crippen molar-refractivity contribution in [2.45, 2.75) is 58.3 Å². The van der Waals surface area contributed by atoms with Gasteiger partial charge < -0.3 is 39.6 Å². The molecule has 6 atom stereocenters. The summed E-state index contributed by atoms with van der Waals surface area (Å²) in [5, 5.41) is 27.1. The van der Waals surface area contributed by atoms with Crippen molar-refractivity contribution in [1.29, 1.82) is 0 Å². The first-order chi connectivity index (χ1) is 20.6. The fourth-order valence-electron chi connectivity index (χ4n) is 3.66. The Morgan fingerprint density at radius 3 is 2.20 bits per heavy atom. The summed E-state index contributed by atoms with van der Waals surface area (Å²) in [6, 6.07) is -1.35. The molecule has 248 valence electrons. The first-order valence-corrected chi connectivity index (χ1v) is 14.6. The van der Waals surface area contributed by atoms with E-state index in [4.69, 9.17) is 33.7 Å². The molecule has 5 N–H and O–H groups in total. The highest BCUT2D eigenvalue weighted by molar-refractivity contribution is 7.51. The lowest BCUT2D eigenvalue weighted by atomic mass is 9.90. The van der Waals surface area contributed by atoms with Gasteiger partial charge in [0.1, 0.15) is 37.3 Å². The van der Waals surface area contributed by atoms with E-state index in [-0.39, 0.29) is 13.2 Å². The molecule has 1 aromatic rings. The topological polar surface area (TPSA) is 276 Å². The zero-order valence-electron chi connectivity index (χ0n) is 24.6. The van der Waals surface area contributed by atoms with Crippen molar-refractivity contribution in [2.75, 3.05) is 40.1 Å². The molecule has 1 amide bonds. The number of carbonyl (C=O) groups is 5. The van der Waals surface area contributed by atoms with Gasteiger partial charge in [-0.1, -0.05) is 0 Å². The number of amides is 1. The summed E-state index contributed by atoms with van der Waals surface area (Å²) < 4.78 is 50.7. The minimum Gasteiger partial charge on any atom is -0.468 e. The van der Waals surface area contributed by atoms with Gasteiger partial charge in [0, 0.05) is 6.92 Å². The average Bonchev–Trinajstić information content (AvgIpc) is 3.57. The van der Waals surface area contributed by atoms with Gasteiger partial charge in [0.25, 0.3) is 5.91 Å². The molecule has 0 radical (unpaired) electrons. The maximum absolute atomic E-state index is 13.9. The van der Waals surface area contributed by atoms with Gasteiger partial charge >= 0.3 is 31.6 Å². The van der Waals surface area contributed by atoms with Gasteiger partial charge in [-0.2, -0.15) is 0 Å². The second kappa shape index (κ2) is 16.0. The van der Waals surface area contributed by atoms with Crippen LogP contribution < -0.4 is 10.8 Å². The summed E-state index contributed by atoms with van der Waals surface area (Å²) in [5.74, 6) is -5.63. The van der Waals surface area contributed by atoms with E-state index in [1.165, 1.54) is 20.8 Å². The summed E-state index contributed by atoms with van der Waals surface area (Å²) in [6.07, 6.45) is -5.09. The lowest BCUT2D eigenvalue weighted by Crippen LogP contribution is -2.50. The van der Waals surface area contributed by atoms with Crippen LogP contribution in [0.15, 0.2) is 6.33 Å². The summed E-state index contributed by atoms with van der Waals surface area (Å²) >= 11 is 0. The number of methoxy groups -OCH3 is 1. The lowest BCUT2D eigenvalue weighted by Gasteiger charge is -2.30. The molecule has 6 unspecified atom stereocenters. The number of ether oxygens (including phenoxy) is 5. The van der Waals surface area contributed by atoms with Crippen LogP contribution in [0.3, 0.4) is 0 Å². The van der Waals surface area contributed by atoms with Crippen LogP contribution in [0, 0.1) is 5.41 Å². The van der Waals surface area contributed by atoms with Crippen molar-refractivity contribution >= 4 is 37.5 Å². The van der Waals surface area contributed by atoms with E-state index in [1.807, 2.05) is 0 Å². The fourth-order valence-corrected chi connectivity index (χ4v) is 5.20. The number of carbonyl (C=O) groups excluding carboxylic acids is 5. The lowest BCUT2D eigenvalue weighted by molar-refractivity contribution is -0.181. The van der Waals surface area contributed by atoms with Crippen LogP contribution in [0.5, 0.6) is 0 Å². The number of hydrogen-bond acceptors (Lipinski definition) is 17. The Labute approximate surface area is 251 Å². The third kappa shape index (κ3) is 9.00. The molecule has 0 saturated carbocycles. The van der Waals surface area contributed by atoms with Crippen LogP contribution in [-0.4, -0.2) is 119 Å².